The molecule has 2 fully saturated rings. The van der Waals surface area contributed by atoms with Crippen molar-refractivity contribution in [3.63, 3.8) is 0 Å². The molecule has 0 aromatic heterocycles. The zero-order valence-corrected chi connectivity index (χ0v) is 20.2. The third-order valence-corrected chi connectivity index (χ3v) is 5.49. The Morgan fingerprint density at radius 1 is 0.735 bits per heavy atom. The first-order valence-corrected chi connectivity index (χ1v) is 12.4. The number of phenols is 1. The van der Waals surface area contributed by atoms with Crippen LogP contribution in [-0.2, 0) is 14.2 Å². The molecule has 0 spiro atoms. The Morgan fingerprint density at radius 2 is 1.29 bits per heavy atom. The first kappa shape index (κ1) is 25.9. The summed E-state index contributed by atoms with van der Waals surface area (Å²) in [5.41, 5.74) is 1.17. The summed E-state index contributed by atoms with van der Waals surface area (Å²) in [5, 5.41) is 8.76. The highest BCUT2D eigenvalue weighted by atomic mass is 16.7. The molecule has 0 bridgehead atoms. The van der Waals surface area contributed by atoms with Crippen molar-refractivity contribution in [2.75, 3.05) is 19.8 Å². The molecule has 5 rings (SSSR count). The van der Waals surface area contributed by atoms with Gasteiger partial charge in [0, 0.05) is 14.3 Å². The fourth-order valence-corrected chi connectivity index (χ4v) is 3.54. The van der Waals surface area contributed by atoms with E-state index < -0.39 is 0 Å². The van der Waals surface area contributed by atoms with Gasteiger partial charge in [0.1, 0.15) is 17.2 Å². The molecular formula is C28H40O6. The number of hydrogen-bond donors (Lipinski definition) is 1. The minimum atomic E-state index is -0.0998. The lowest BCUT2D eigenvalue weighted by Crippen LogP contribution is -2.25. The highest BCUT2D eigenvalue weighted by Gasteiger charge is 2.17. The molecule has 3 aliphatic heterocycles. The zero-order chi connectivity index (χ0) is 23.8. The summed E-state index contributed by atoms with van der Waals surface area (Å²) in [5.74, 6) is 1.98. The van der Waals surface area contributed by atoms with Crippen LogP contribution in [0.2, 0.25) is 0 Å². The maximum atomic E-state index is 8.76. The summed E-state index contributed by atoms with van der Waals surface area (Å²) in [4.78, 5) is 0. The summed E-state index contributed by atoms with van der Waals surface area (Å²) in [7, 11) is 0. The van der Waals surface area contributed by atoms with Gasteiger partial charge in [-0.3, -0.25) is 0 Å². The molecule has 3 heterocycles. The van der Waals surface area contributed by atoms with Crippen LogP contribution in [0.15, 0.2) is 60.9 Å². The summed E-state index contributed by atoms with van der Waals surface area (Å²) in [6, 6.07) is 14.8. The summed E-state index contributed by atoms with van der Waals surface area (Å²) in [6.07, 6.45) is 12.5. The van der Waals surface area contributed by atoms with Crippen LogP contribution in [-0.4, -0.2) is 37.5 Å². The van der Waals surface area contributed by atoms with E-state index in [1.54, 1.807) is 18.4 Å². The molecule has 1 N–H and O–H groups in total. The lowest BCUT2D eigenvalue weighted by atomic mass is 10.2. The number of benzene rings is 2. The molecule has 188 valence electrons. The molecule has 6 heteroatoms. The van der Waals surface area contributed by atoms with Gasteiger partial charge < -0.3 is 28.8 Å². The van der Waals surface area contributed by atoms with Gasteiger partial charge in [-0.15, -0.1) is 0 Å². The first-order valence-electron chi connectivity index (χ1n) is 12.4. The van der Waals surface area contributed by atoms with E-state index in [1.807, 2.05) is 49.4 Å². The van der Waals surface area contributed by atoms with Crippen molar-refractivity contribution in [2.45, 2.75) is 70.9 Å². The van der Waals surface area contributed by atoms with Gasteiger partial charge in [0.2, 0.25) is 0 Å². The Kier molecular flexibility index (Phi) is 11.6. The number of allylic oxidation sites excluding steroid dienone is 1. The van der Waals surface area contributed by atoms with Crippen molar-refractivity contribution in [3.05, 3.63) is 66.4 Å². The molecule has 0 saturated carbocycles. The maximum Gasteiger partial charge on any atom is 0.199 e. The molecule has 0 amide bonds. The average Bonchev–Trinajstić information content (AvgIpc) is 2.90. The smallest absolute Gasteiger partial charge is 0.199 e. The highest BCUT2D eigenvalue weighted by Crippen LogP contribution is 2.24. The summed E-state index contributed by atoms with van der Waals surface area (Å²) < 4.78 is 27.6. The van der Waals surface area contributed by atoms with Gasteiger partial charge in [0.25, 0.3) is 0 Å². The van der Waals surface area contributed by atoms with E-state index in [0.29, 0.717) is 5.75 Å². The van der Waals surface area contributed by atoms with Gasteiger partial charge in [0.15, 0.2) is 12.6 Å². The van der Waals surface area contributed by atoms with Gasteiger partial charge in [-0.05, 0) is 87.9 Å². The molecule has 0 radical (unpaired) electrons. The lowest BCUT2D eigenvalue weighted by Gasteiger charge is -2.24. The normalized spacial score (nSPS) is 21.6. The van der Waals surface area contributed by atoms with Crippen LogP contribution in [0.25, 0.3) is 0 Å². The second kappa shape index (κ2) is 15.3. The van der Waals surface area contributed by atoms with E-state index in [9.17, 15) is 0 Å². The standard InChI is InChI=1S/C16H22O4.C7H8O.C5H8O.H2/c1-3-11-17-15(5-1)19-13-7-9-14(10-8-13)20-16-6-2-4-12-18-16;1-6-2-4-7(8)5-3-6;1-2-4-6-5-3-1;/h7-10,15-16H,1-6,11-12H2;2-5,8H,1H3;2,4H,1,3,5H2;1H/i;;;1+1. The number of aromatic hydroxyl groups is 1. The number of phenolic OH excluding ortho intramolecular Hbond substituents is 1. The molecule has 2 unspecified atom stereocenters. The monoisotopic (exact) mass is 473 g/mol. The molecule has 2 saturated heterocycles. The molecule has 34 heavy (non-hydrogen) atoms. The summed E-state index contributed by atoms with van der Waals surface area (Å²) in [6.45, 7) is 4.49. The van der Waals surface area contributed by atoms with Crippen molar-refractivity contribution < 1.29 is 30.2 Å². The van der Waals surface area contributed by atoms with Crippen LogP contribution in [0.3, 0.4) is 0 Å². The molecule has 2 aromatic carbocycles. The molecule has 0 aliphatic carbocycles. The Bertz CT molecular complexity index is 744. The zero-order valence-electron chi connectivity index (χ0n) is 20.2. The van der Waals surface area contributed by atoms with E-state index in [2.05, 4.69) is 0 Å². The number of aryl methyl sites for hydroxylation is 1. The number of rotatable bonds is 4. The van der Waals surface area contributed by atoms with E-state index in [4.69, 9.17) is 28.8 Å². The van der Waals surface area contributed by atoms with Crippen LogP contribution in [0, 0.1) is 6.92 Å². The van der Waals surface area contributed by atoms with Gasteiger partial charge in [-0.1, -0.05) is 17.7 Å². The minimum Gasteiger partial charge on any atom is -0.508 e. The van der Waals surface area contributed by atoms with Crippen molar-refractivity contribution >= 4 is 0 Å². The van der Waals surface area contributed by atoms with Gasteiger partial charge in [-0.25, -0.2) is 0 Å². The van der Waals surface area contributed by atoms with Crippen LogP contribution in [0.4, 0.5) is 0 Å². The largest absolute Gasteiger partial charge is 0.508 e. The fourth-order valence-electron chi connectivity index (χ4n) is 3.54. The van der Waals surface area contributed by atoms with Gasteiger partial charge >= 0.3 is 0 Å². The summed E-state index contributed by atoms with van der Waals surface area (Å²) >= 11 is 0. The third kappa shape index (κ3) is 10.5. The van der Waals surface area contributed by atoms with Crippen molar-refractivity contribution in [1.29, 1.82) is 0 Å². The SMILES string of the molecule is C1=COCCC1.Cc1ccc(O)cc1.[2HH].c1cc(OC2CCCCO2)ccc1OC1CCCCO1. The van der Waals surface area contributed by atoms with E-state index >= 15 is 0 Å². The fraction of sp³-hybridized carbons (Fsp3) is 0.500. The minimum absolute atomic E-state index is 0. The Balaban J connectivity index is 0.000000236. The van der Waals surface area contributed by atoms with Crippen LogP contribution in [0.1, 0.15) is 58.4 Å². The van der Waals surface area contributed by atoms with Crippen molar-refractivity contribution in [1.82, 2.24) is 0 Å². The van der Waals surface area contributed by atoms with Crippen molar-refractivity contribution in [3.8, 4) is 17.2 Å². The molecule has 2 aromatic rings. The molecule has 6 nitrogen and oxygen atoms in total. The molecule has 2 atom stereocenters. The average molecular weight is 474 g/mol. The third-order valence-electron chi connectivity index (χ3n) is 5.49. The Labute approximate surface area is 204 Å². The van der Waals surface area contributed by atoms with Crippen LogP contribution >= 0.6 is 0 Å². The predicted octanol–water partition coefficient (Wildman–Crippen LogP) is 6.75. The lowest BCUT2D eigenvalue weighted by molar-refractivity contribution is -0.107. The highest BCUT2D eigenvalue weighted by molar-refractivity contribution is 5.31. The van der Waals surface area contributed by atoms with E-state index in [-0.39, 0.29) is 14.0 Å². The first-order chi connectivity index (χ1) is 16.7. The second-order valence-corrected chi connectivity index (χ2v) is 8.52. The van der Waals surface area contributed by atoms with Crippen LogP contribution < -0.4 is 9.47 Å². The van der Waals surface area contributed by atoms with E-state index in [1.165, 1.54) is 31.2 Å². The Morgan fingerprint density at radius 3 is 1.62 bits per heavy atom. The quantitative estimate of drug-likeness (QED) is 0.529. The van der Waals surface area contributed by atoms with Crippen molar-refractivity contribution in [2.24, 2.45) is 0 Å². The number of hydrogen-bond acceptors (Lipinski definition) is 6. The second-order valence-electron chi connectivity index (χ2n) is 8.52. The molecule has 3 aliphatic rings. The number of ether oxygens (including phenoxy) is 5. The van der Waals surface area contributed by atoms with Gasteiger partial charge in [0.05, 0.1) is 26.1 Å². The van der Waals surface area contributed by atoms with Gasteiger partial charge in [-0.2, -0.15) is 0 Å². The molecular weight excluding hydrogens is 432 g/mol. The predicted molar refractivity (Wildman–Crippen MR) is 134 cm³/mol. The van der Waals surface area contributed by atoms with E-state index in [0.717, 1.165) is 57.0 Å². The maximum absolute atomic E-state index is 8.76. The van der Waals surface area contributed by atoms with Crippen LogP contribution in [0.5, 0.6) is 17.2 Å². The Hall–Kier alpha value is -2.70. The topological polar surface area (TPSA) is 66.4 Å².